The summed E-state index contributed by atoms with van der Waals surface area (Å²) in [6.45, 7) is 0.931. The Bertz CT molecular complexity index is 1000. The fourth-order valence-electron chi connectivity index (χ4n) is 3.78. The molecule has 0 radical (unpaired) electrons. The Kier molecular flexibility index (Phi) is 6.34. The van der Waals surface area contributed by atoms with Crippen LogP contribution in [0.2, 0.25) is 0 Å². The molecule has 170 valence electrons. The van der Waals surface area contributed by atoms with Crippen LogP contribution in [0.4, 0.5) is 23.7 Å². The second-order valence-corrected chi connectivity index (χ2v) is 8.55. The lowest BCUT2D eigenvalue weighted by molar-refractivity contribution is -0.154. The van der Waals surface area contributed by atoms with Gasteiger partial charge in [0, 0.05) is 37.2 Å². The molecule has 0 aliphatic carbocycles. The third kappa shape index (κ3) is 5.02. The third-order valence-corrected chi connectivity index (χ3v) is 6.37. The first kappa shape index (κ1) is 22.5. The lowest BCUT2D eigenvalue weighted by Crippen LogP contribution is -2.45. The highest BCUT2D eigenvalue weighted by molar-refractivity contribution is 7.98. The number of hydrogen-bond donors (Lipinski definition) is 1. The summed E-state index contributed by atoms with van der Waals surface area (Å²) in [6.07, 6.45) is -1.34. The Morgan fingerprint density at radius 2 is 1.84 bits per heavy atom. The lowest BCUT2D eigenvalue weighted by atomic mass is 9.86. The zero-order chi connectivity index (χ0) is 22.8. The van der Waals surface area contributed by atoms with Crippen LogP contribution in [0.25, 0.3) is 0 Å². The minimum absolute atomic E-state index is 0.466. The molecule has 32 heavy (non-hydrogen) atoms. The van der Waals surface area contributed by atoms with Crippen LogP contribution in [0, 0.1) is 0 Å². The van der Waals surface area contributed by atoms with Crippen molar-refractivity contribution in [3.63, 3.8) is 0 Å². The van der Waals surface area contributed by atoms with E-state index in [0.29, 0.717) is 49.3 Å². The Labute approximate surface area is 187 Å². The highest BCUT2D eigenvalue weighted by Crippen LogP contribution is 2.37. The summed E-state index contributed by atoms with van der Waals surface area (Å²) in [4.78, 5) is 24.4. The molecular formula is C22H22F3N3O3S. The molecule has 10 heteroatoms. The monoisotopic (exact) mass is 465 g/mol. The number of anilines is 1. The van der Waals surface area contributed by atoms with Gasteiger partial charge < -0.3 is 9.68 Å². The quantitative estimate of drug-likeness (QED) is 0.600. The zero-order valence-corrected chi connectivity index (χ0v) is 18.1. The van der Waals surface area contributed by atoms with Crippen LogP contribution in [0.15, 0.2) is 58.6 Å². The van der Waals surface area contributed by atoms with Crippen molar-refractivity contribution in [2.75, 3.05) is 24.7 Å². The molecule has 0 unspecified atom stereocenters. The van der Waals surface area contributed by atoms with Gasteiger partial charge >= 0.3 is 12.3 Å². The number of para-hydroxylation sites is 1. The third-order valence-electron chi connectivity index (χ3n) is 5.57. The zero-order valence-electron chi connectivity index (χ0n) is 17.3. The number of nitrogens with zero attached hydrogens (tertiary/aromatic N) is 2. The van der Waals surface area contributed by atoms with E-state index in [9.17, 15) is 18.0 Å². The van der Waals surface area contributed by atoms with E-state index in [0.717, 1.165) is 17.0 Å². The van der Waals surface area contributed by atoms with Gasteiger partial charge in [0.15, 0.2) is 0 Å². The molecule has 1 N–H and O–H groups in total. The number of nitrogens with one attached hydrogen (secondary N) is 1. The van der Waals surface area contributed by atoms with Crippen LogP contribution >= 0.6 is 11.8 Å². The Balaban J connectivity index is 1.29. The van der Waals surface area contributed by atoms with Crippen LogP contribution < -0.4 is 5.32 Å². The molecular weight excluding hydrogens is 443 g/mol. The summed E-state index contributed by atoms with van der Waals surface area (Å²) >= 11 is 1.53. The molecule has 0 aromatic heterocycles. The first-order chi connectivity index (χ1) is 15.3. The maximum absolute atomic E-state index is 12.8. The number of benzene rings is 2. The summed E-state index contributed by atoms with van der Waals surface area (Å²) in [5.41, 5.74) is 0.700. The Hall–Kier alpha value is -2.72. The van der Waals surface area contributed by atoms with Crippen molar-refractivity contribution in [2.45, 2.75) is 35.9 Å². The molecule has 1 amide bonds. The predicted octanol–water partition coefficient (Wildman–Crippen LogP) is 5.55. The van der Waals surface area contributed by atoms with Gasteiger partial charge in [-0.05, 0) is 36.1 Å². The van der Waals surface area contributed by atoms with E-state index in [1.54, 1.807) is 5.06 Å². The molecule has 2 aromatic rings. The first-order valence-corrected chi connectivity index (χ1v) is 11.3. The standard InChI is InChI=1S/C22H22F3N3O3S/c1-32-19-5-3-2-4-17(19)26-20(29)30-28-12-10-21(11-13-28)14-18(27-31-21)15-6-8-16(9-7-15)22(23,24)25/h2-9H,10-14H2,1H3,(H,26,29). The molecule has 1 saturated heterocycles. The molecule has 2 aromatic carbocycles. The molecule has 6 nitrogen and oxygen atoms in total. The SMILES string of the molecule is CSc1ccccc1NC(=O)ON1CCC2(CC1)CC(c1ccc(C(F)(F)F)cc1)=NO2. The number of piperidine rings is 1. The van der Waals surface area contributed by atoms with E-state index in [1.165, 1.54) is 23.9 Å². The van der Waals surface area contributed by atoms with Gasteiger partial charge in [-0.1, -0.05) is 29.4 Å². The van der Waals surface area contributed by atoms with E-state index in [-0.39, 0.29) is 0 Å². The number of alkyl halides is 3. The Morgan fingerprint density at radius 3 is 2.50 bits per heavy atom. The first-order valence-electron chi connectivity index (χ1n) is 10.1. The lowest BCUT2D eigenvalue weighted by Gasteiger charge is -2.35. The summed E-state index contributed by atoms with van der Waals surface area (Å²) in [6, 6.07) is 12.4. The summed E-state index contributed by atoms with van der Waals surface area (Å²) in [7, 11) is 0. The van der Waals surface area contributed by atoms with Gasteiger partial charge in [-0.15, -0.1) is 16.8 Å². The summed E-state index contributed by atoms with van der Waals surface area (Å²) < 4.78 is 38.3. The van der Waals surface area contributed by atoms with Crippen LogP contribution in [0.3, 0.4) is 0 Å². The minimum Gasteiger partial charge on any atom is -0.388 e. The number of rotatable bonds is 4. The Morgan fingerprint density at radius 1 is 1.16 bits per heavy atom. The number of hydroxylamine groups is 2. The van der Waals surface area contributed by atoms with Crippen LogP contribution in [0.5, 0.6) is 0 Å². The van der Waals surface area contributed by atoms with Gasteiger partial charge in [-0.2, -0.15) is 13.2 Å². The number of amides is 1. The predicted molar refractivity (Wildman–Crippen MR) is 116 cm³/mol. The van der Waals surface area contributed by atoms with Gasteiger partial charge in [0.2, 0.25) is 0 Å². The highest BCUT2D eigenvalue weighted by Gasteiger charge is 2.43. The number of thioether (sulfide) groups is 1. The molecule has 2 heterocycles. The van der Waals surface area contributed by atoms with Crippen molar-refractivity contribution in [3.05, 3.63) is 59.7 Å². The van der Waals surface area contributed by atoms with Crippen LogP contribution in [-0.4, -0.2) is 41.8 Å². The van der Waals surface area contributed by atoms with Crippen molar-refractivity contribution in [2.24, 2.45) is 5.16 Å². The van der Waals surface area contributed by atoms with Crippen molar-refractivity contribution >= 4 is 29.3 Å². The summed E-state index contributed by atoms with van der Waals surface area (Å²) in [5, 5.41) is 8.47. The number of halogens is 3. The van der Waals surface area contributed by atoms with Gasteiger partial charge in [-0.25, -0.2) is 4.79 Å². The van der Waals surface area contributed by atoms with E-state index in [2.05, 4.69) is 10.5 Å². The second-order valence-electron chi connectivity index (χ2n) is 7.70. The molecule has 0 saturated carbocycles. The normalized spacial score (nSPS) is 18.2. The van der Waals surface area contributed by atoms with E-state index < -0.39 is 23.4 Å². The molecule has 1 fully saturated rings. The number of hydrogen-bond acceptors (Lipinski definition) is 6. The van der Waals surface area contributed by atoms with Crippen molar-refractivity contribution in [1.82, 2.24) is 5.06 Å². The second kappa shape index (κ2) is 9.03. The van der Waals surface area contributed by atoms with Gasteiger partial charge in [0.05, 0.1) is 17.0 Å². The number of carbonyl (C=O) groups excluding carboxylic acids is 1. The van der Waals surface area contributed by atoms with E-state index in [1.807, 2.05) is 30.5 Å². The molecule has 0 atom stereocenters. The summed E-state index contributed by atoms with van der Waals surface area (Å²) in [5.74, 6) is 0. The maximum atomic E-state index is 12.8. The van der Waals surface area contributed by atoms with E-state index in [4.69, 9.17) is 9.68 Å². The molecule has 4 rings (SSSR count). The van der Waals surface area contributed by atoms with Gasteiger partial charge in [0.1, 0.15) is 5.60 Å². The molecule has 2 aliphatic rings. The molecule has 0 bridgehead atoms. The fourth-order valence-corrected chi connectivity index (χ4v) is 4.33. The van der Waals surface area contributed by atoms with E-state index >= 15 is 0 Å². The van der Waals surface area contributed by atoms with Crippen molar-refractivity contribution in [1.29, 1.82) is 0 Å². The molecule has 1 spiro atoms. The van der Waals surface area contributed by atoms with Gasteiger partial charge in [-0.3, -0.25) is 5.32 Å². The average Bonchev–Trinajstić information content (AvgIpc) is 3.19. The minimum atomic E-state index is -4.37. The fraction of sp³-hybridized carbons (Fsp3) is 0.364. The van der Waals surface area contributed by atoms with Crippen molar-refractivity contribution < 1.29 is 27.6 Å². The smallest absolute Gasteiger partial charge is 0.388 e. The topological polar surface area (TPSA) is 63.2 Å². The highest BCUT2D eigenvalue weighted by atomic mass is 32.2. The van der Waals surface area contributed by atoms with Crippen LogP contribution in [-0.2, 0) is 15.9 Å². The maximum Gasteiger partial charge on any atom is 0.430 e. The number of oxime groups is 1. The van der Waals surface area contributed by atoms with Gasteiger partial charge in [0.25, 0.3) is 0 Å². The average molecular weight is 465 g/mol. The number of carbonyl (C=O) groups is 1. The molecule has 2 aliphatic heterocycles. The van der Waals surface area contributed by atoms with Crippen molar-refractivity contribution in [3.8, 4) is 0 Å². The largest absolute Gasteiger partial charge is 0.430 e. The van der Waals surface area contributed by atoms with Crippen LogP contribution in [0.1, 0.15) is 30.4 Å².